The van der Waals surface area contributed by atoms with Crippen LogP contribution in [-0.2, 0) is 0 Å². The molecule has 0 aliphatic heterocycles. The Labute approximate surface area is 70.5 Å². The molecule has 0 spiro atoms. The summed E-state index contributed by atoms with van der Waals surface area (Å²) < 4.78 is 17.8. The van der Waals surface area contributed by atoms with E-state index in [2.05, 4.69) is 0 Å². The first-order valence-electron chi connectivity index (χ1n) is 3.15. The van der Waals surface area contributed by atoms with Crippen molar-refractivity contribution in [2.24, 2.45) is 0 Å². The summed E-state index contributed by atoms with van der Waals surface area (Å²) in [6.45, 7) is 0. The number of ether oxygens (including phenoxy) is 1. The van der Waals surface area contributed by atoms with Crippen LogP contribution in [-0.4, -0.2) is 15.0 Å². The van der Waals surface area contributed by atoms with E-state index in [9.17, 15) is 4.39 Å². The van der Waals surface area contributed by atoms with E-state index in [0.717, 1.165) is 0 Å². The van der Waals surface area contributed by atoms with Crippen molar-refractivity contribution in [1.29, 1.82) is 0 Å². The molecule has 0 saturated carbocycles. The highest BCUT2D eigenvalue weighted by atomic mass is 35.5. The number of hydrogen-bond donors (Lipinski definition) is 0. The molecule has 0 atom stereocenters. The maximum atomic E-state index is 13.1. The highest BCUT2D eigenvalue weighted by Gasteiger charge is 2.07. The van der Waals surface area contributed by atoms with E-state index in [0.29, 0.717) is 10.5 Å². The molecule has 0 fully saturated rings. The van der Waals surface area contributed by atoms with Gasteiger partial charge in [-0.1, -0.05) is 11.6 Å². The van der Waals surface area contributed by atoms with E-state index in [1.165, 1.54) is 13.2 Å². The topological polar surface area (TPSA) is 9.23 Å². The number of benzene rings is 1. The van der Waals surface area contributed by atoms with Crippen LogP contribution in [0, 0.1) is 5.82 Å². The molecule has 0 radical (unpaired) electrons. The summed E-state index contributed by atoms with van der Waals surface area (Å²) in [6, 6.07) is 3.11. The van der Waals surface area contributed by atoms with Crippen LogP contribution in [0.5, 0.6) is 5.75 Å². The summed E-state index contributed by atoms with van der Waals surface area (Å²) >= 11 is 5.65. The van der Waals surface area contributed by atoms with Gasteiger partial charge in [0.15, 0.2) is 11.6 Å². The summed E-state index contributed by atoms with van der Waals surface area (Å²) in [6.07, 6.45) is 0. The third kappa shape index (κ3) is 1.48. The van der Waals surface area contributed by atoms with Gasteiger partial charge >= 0.3 is 0 Å². The average Bonchev–Trinajstić information content (AvgIpc) is 2.01. The molecular weight excluding hydrogens is 165 g/mol. The summed E-state index contributed by atoms with van der Waals surface area (Å²) in [5.74, 6) is -0.160. The van der Waals surface area contributed by atoms with E-state index in [1.807, 2.05) is 0 Å². The van der Waals surface area contributed by atoms with Gasteiger partial charge in [-0.2, -0.15) is 0 Å². The fourth-order valence-corrected chi connectivity index (χ4v) is 0.940. The Morgan fingerprint density at radius 1 is 1.55 bits per heavy atom. The lowest BCUT2D eigenvalue weighted by molar-refractivity contribution is 0.388. The first-order chi connectivity index (χ1) is 5.16. The summed E-state index contributed by atoms with van der Waals surface area (Å²) in [7, 11) is 3.03. The molecule has 0 amide bonds. The van der Waals surface area contributed by atoms with Crippen LogP contribution >= 0.6 is 11.6 Å². The molecule has 1 aromatic rings. The van der Waals surface area contributed by atoms with Gasteiger partial charge in [0.05, 0.1) is 7.11 Å². The van der Waals surface area contributed by atoms with E-state index in [4.69, 9.17) is 16.3 Å². The second-order valence-corrected chi connectivity index (χ2v) is 2.60. The van der Waals surface area contributed by atoms with Crippen LogP contribution in [0.2, 0.25) is 5.02 Å². The van der Waals surface area contributed by atoms with Crippen molar-refractivity contribution in [3.63, 3.8) is 0 Å². The molecule has 0 unspecified atom stereocenters. The summed E-state index contributed by atoms with van der Waals surface area (Å²) in [5, 5.41) is 0.420. The highest BCUT2D eigenvalue weighted by molar-refractivity contribution is 6.45. The highest BCUT2D eigenvalue weighted by Crippen LogP contribution is 2.17. The van der Waals surface area contributed by atoms with Crippen molar-refractivity contribution >= 4 is 24.9 Å². The van der Waals surface area contributed by atoms with Gasteiger partial charge in [0.25, 0.3) is 0 Å². The monoisotopic (exact) mass is 172 g/mol. The van der Waals surface area contributed by atoms with Crippen molar-refractivity contribution in [2.75, 3.05) is 7.11 Å². The molecule has 0 aliphatic rings. The van der Waals surface area contributed by atoms with Gasteiger partial charge in [0.1, 0.15) is 7.85 Å². The van der Waals surface area contributed by atoms with Crippen LogP contribution in [0.15, 0.2) is 12.1 Å². The zero-order chi connectivity index (χ0) is 8.43. The largest absolute Gasteiger partial charge is 0.494 e. The minimum absolute atomic E-state index is 0.229. The predicted molar refractivity (Wildman–Crippen MR) is 46.1 cm³/mol. The van der Waals surface area contributed by atoms with Crippen LogP contribution in [0.3, 0.4) is 0 Å². The van der Waals surface area contributed by atoms with Gasteiger partial charge in [-0.3, -0.25) is 0 Å². The summed E-state index contributed by atoms with van der Waals surface area (Å²) in [5.41, 5.74) is 0.422. The first kappa shape index (κ1) is 8.40. The molecule has 1 rings (SSSR count). The number of halogens is 2. The van der Waals surface area contributed by atoms with Crippen molar-refractivity contribution < 1.29 is 9.13 Å². The van der Waals surface area contributed by atoms with E-state index >= 15 is 0 Å². The molecule has 1 aromatic carbocycles. The Bertz CT molecular complexity index is 277. The van der Waals surface area contributed by atoms with Gasteiger partial charge in [0, 0.05) is 5.02 Å². The molecule has 58 valence electrons. The second kappa shape index (κ2) is 3.14. The Hall–Kier alpha value is -0.695. The first-order valence-corrected chi connectivity index (χ1v) is 3.53. The molecule has 4 heteroatoms. The fourth-order valence-electron chi connectivity index (χ4n) is 0.794. The standard InChI is InChI=1S/C7H7BClFO/c1-11-5-3-2-4(9)6(8)7(5)10/h2-3H,8H2,1H3. The van der Waals surface area contributed by atoms with Gasteiger partial charge in [-0.05, 0) is 17.6 Å². The molecule has 0 aromatic heterocycles. The SMILES string of the molecule is Bc1c(Cl)ccc(OC)c1F. The van der Waals surface area contributed by atoms with Gasteiger partial charge in [0.2, 0.25) is 0 Å². The molecule has 0 bridgehead atoms. The quantitative estimate of drug-likeness (QED) is 0.568. The lowest BCUT2D eigenvalue weighted by Crippen LogP contribution is -2.11. The zero-order valence-electron chi connectivity index (χ0n) is 6.32. The van der Waals surface area contributed by atoms with Crippen molar-refractivity contribution in [3.05, 3.63) is 23.0 Å². The van der Waals surface area contributed by atoms with Crippen molar-refractivity contribution in [2.45, 2.75) is 0 Å². The van der Waals surface area contributed by atoms with Crippen LogP contribution in [0.4, 0.5) is 4.39 Å². The summed E-state index contributed by atoms with van der Waals surface area (Å²) in [4.78, 5) is 0. The Morgan fingerprint density at radius 2 is 2.18 bits per heavy atom. The number of rotatable bonds is 1. The Morgan fingerprint density at radius 3 is 2.73 bits per heavy atom. The van der Waals surface area contributed by atoms with E-state index in [-0.39, 0.29) is 11.6 Å². The number of hydrogen-bond acceptors (Lipinski definition) is 1. The number of methoxy groups -OCH3 is 1. The Balaban J connectivity index is 3.25. The molecule has 0 aliphatic carbocycles. The maximum Gasteiger partial charge on any atom is 0.160 e. The minimum Gasteiger partial charge on any atom is -0.494 e. The second-order valence-electron chi connectivity index (χ2n) is 2.19. The third-order valence-electron chi connectivity index (χ3n) is 1.50. The molecule has 11 heavy (non-hydrogen) atoms. The van der Waals surface area contributed by atoms with Crippen LogP contribution < -0.4 is 10.2 Å². The fraction of sp³-hybridized carbons (Fsp3) is 0.143. The zero-order valence-corrected chi connectivity index (χ0v) is 7.07. The third-order valence-corrected chi connectivity index (χ3v) is 1.91. The van der Waals surface area contributed by atoms with Gasteiger partial charge in [-0.25, -0.2) is 4.39 Å². The maximum absolute atomic E-state index is 13.1. The average molecular weight is 172 g/mol. The van der Waals surface area contributed by atoms with E-state index < -0.39 is 0 Å². The molecule has 0 heterocycles. The molecule has 0 saturated heterocycles. The lowest BCUT2D eigenvalue weighted by Gasteiger charge is -2.04. The predicted octanol–water partition coefficient (Wildman–Crippen LogP) is 0.746. The van der Waals surface area contributed by atoms with Crippen molar-refractivity contribution in [1.82, 2.24) is 0 Å². The lowest BCUT2D eigenvalue weighted by atomic mass is 9.95. The van der Waals surface area contributed by atoms with Gasteiger partial charge in [-0.15, -0.1) is 0 Å². The smallest absolute Gasteiger partial charge is 0.160 e. The molecule has 1 nitrogen and oxygen atoms in total. The van der Waals surface area contributed by atoms with Crippen LogP contribution in [0.1, 0.15) is 0 Å². The Kier molecular flexibility index (Phi) is 2.40. The minimum atomic E-state index is -0.389. The van der Waals surface area contributed by atoms with Crippen molar-refractivity contribution in [3.8, 4) is 5.75 Å². The molecular formula is C7H7BClFO. The van der Waals surface area contributed by atoms with E-state index in [1.54, 1.807) is 13.9 Å². The molecule has 0 N–H and O–H groups in total. The van der Waals surface area contributed by atoms with Gasteiger partial charge < -0.3 is 4.74 Å². The normalized spacial score (nSPS) is 9.73. The van der Waals surface area contributed by atoms with Crippen LogP contribution in [0.25, 0.3) is 0 Å².